The van der Waals surface area contributed by atoms with Crippen molar-refractivity contribution < 1.29 is 17.5 Å². The van der Waals surface area contributed by atoms with Crippen molar-refractivity contribution in [2.24, 2.45) is 7.05 Å². The summed E-state index contributed by atoms with van der Waals surface area (Å²) in [5.74, 6) is -0.660. The molecule has 0 saturated heterocycles. The molecule has 1 N–H and O–H groups in total. The zero-order chi connectivity index (χ0) is 21.3. The summed E-state index contributed by atoms with van der Waals surface area (Å²) in [6.07, 6.45) is 1.81. The summed E-state index contributed by atoms with van der Waals surface area (Å²) in [5.41, 5.74) is 0.628. The van der Waals surface area contributed by atoms with Crippen LogP contribution in [0.5, 0.6) is 11.5 Å². The van der Waals surface area contributed by atoms with E-state index in [1.54, 1.807) is 33.0 Å². The first kappa shape index (κ1) is 21.1. The second kappa shape index (κ2) is 8.00. The molecule has 7 nitrogen and oxygen atoms in total. The molecule has 1 aromatic heterocycles. The third-order valence-corrected chi connectivity index (χ3v) is 6.13. The van der Waals surface area contributed by atoms with E-state index >= 15 is 0 Å². The van der Waals surface area contributed by atoms with Gasteiger partial charge in [0, 0.05) is 18.7 Å². The average molecular weight is 440 g/mol. The van der Waals surface area contributed by atoms with E-state index < -0.39 is 15.8 Å². The Labute approximate surface area is 172 Å². The summed E-state index contributed by atoms with van der Waals surface area (Å²) >= 11 is 6.27. The van der Waals surface area contributed by atoms with E-state index in [9.17, 15) is 17.6 Å². The summed E-state index contributed by atoms with van der Waals surface area (Å²) in [7, 11) is -2.09. The summed E-state index contributed by atoms with van der Waals surface area (Å²) < 4.78 is 47.5. The number of anilines is 1. The normalized spacial score (nSPS) is 11.6. The largest absolute Gasteiger partial charge is 0.455 e. The van der Waals surface area contributed by atoms with Gasteiger partial charge < -0.3 is 9.30 Å². The van der Waals surface area contributed by atoms with Gasteiger partial charge in [-0.25, -0.2) is 17.8 Å². The molecule has 3 aromatic rings. The standard InChI is InChI=1S/C19H19ClFN3O4S/c1-4-7-29(26,27)23-14-8-12(21)9-16(18(14)20)28-15-6-5-13-17(11(15)2)19(25)24(3)10-22-13/h5-6,8-10,23H,4,7H2,1-3H3. The van der Waals surface area contributed by atoms with Crippen LogP contribution in [0.3, 0.4) is 0 Å². The molecule has 0 aliphatic rings. The Hall–Kier alpha value is -2.65. The Morgan fingerprint density at radius 2 is 2.00 bits per heavy atom. The maximum Gasteiger partial charge on any atom is 0.261 e. The summed E-state index contributed by atoms with van der Waals surface area (Å²) in [6, 6.07) is 5.23. The highest BCUT2D eigenvalue weighted by Crippen LogP contribution is 2.38. The molecular weight excluding hydrogens is 421 g/mol. The Kier molecular flexibility index (Phi) is 5.81. The van der Waals surface area contributed by atoms with Gasteiger partial charge >= 0.3 is 0 Å². The van der Waals surface area contributed by atoms with Gasteiger partial charge in [-0.15, -0.1) is 0 Å². The predicted molar refractivity (Wildman–Crippen MR) is 111 cm³/mol. The molecule has 0 bridgehead atoms. The van der Waals surface area contributed by atoms with E-state index in [1.165, 1.54) is 10.9 Å². The number of hydrogen-bond acceptors (Lipinski definition) is 5. The minimum Gasteiger partial charge on any atom is -0.455 e. The number of ether oxygens (including phenoxy) is 1. The van der Waals surface area contributed by atoms with Crippen molar-refractivity contribution in [1.29, 1.82) is 0 Å². The first-order valence-corrected chi connectivity index (χ1v) is 10.8. The van der Waals surface area contributed by atoms with Crippen LogP contribution in [0.25, 0.3) is 10.9 Å². The van der Waals surface area contributed by atoms with E-state index in [0.717, 1.165) is 12.1 Å². The predicted octanol–water partition coefficient (Wildman–Crippen LogP) is 3.98. The van der Waals surface area contributed by atoms with Crippen molar-refractivity contribution in [3.8, 4) is 11.5 Å². The molecule has 2 aromatic carbocycles. The van der Waals surface area contributed by atoms with Gasteiger partial charge in [-0.1, -0.05) is 18.5 Å². The minimum atomic E-state index is -3.67. The number of benzene rings is 2. The fourth-order valence-corrected chi connectivity index (χ4v) is 4.25. The number of hydrogen-bond donors (Lipinski definition) is 1. The maximum atomic E-state index is 14.1. The highest BCUT2D eigenvalue weighted by atomic mass is 35.5. The highest BCUT2D eigenvalue weighted by molar-refractivity contribution is 7.92. The van der Waals surface area contributed by atoms with Crippen LogP contribution in [0.15, 0.2) is 35.4 Å². The Bertz CT molecular complexity index is 1260. The van der Waals surface area contributed by atoms with Gasteiger partial charge in [0.05, 0.1) is 28.7 Å². The van der Waals surface area contributed by atoms with Crippen LogP contribution in [0.2, 0.25) is 5.02 Å². The van der Waals surface area contributed by atoms with Crippen molar-refractivity contribution in [1.82, 2.24) is 9.55 Å². The lowest BCUT2D eigenvalue weighted by Crippen LogP contribution is -2.18. The van der Waals surface area contributed by atoms with E-state index in [4.69, 9.17) is 16.3 Å². The molecule has 0 saturated carbocycles. The fraction of sp³-hybridized carbons (Fsp3) is 0.263. The molecule has 0 atom stereocenters. The van der Waals surface area contributed by atoms with Gasteiger partial charge in [-0.05, 0) is 31.5 Å². The van der Waals surface area contributed by atoms with Crippen LogP contribution in [0.1, 0.15) is 18.9 Å². The summed E-state index contributed by atoms with van der Waals surface area (Å²) in [5, 5.41) is 0.272. The number of fused-ring (bicyclic) bond motifs is 1. The van der Waals surface area contributed by atoms with E-state index in [2.05, 4.69) is 9.71 Å². The van der Waals surface area contributed by atoms with E-state index in [0.29, 0.717) is 22.9 Å². The van der Waals surface area contributed by atoms with Crippen LogP contribution in [0, 0.1) is 12.7 Å². The molecule has 3 rings (SSSR count). The number of aryl methyl sites for hydroxylation is 2. The van der Waals surface area contributed by atoms with E-state index in [-0.39, 0.29) is 33.5 Å². The Morgan fingerprint density at radius 1 is 1.28 bits per heavy atom. The molecule has 0 aliphatic heterocycles. The molecule has 0 radical (unpaired) electrons. The molecule has 0 amide bonds. The van der Waals surface area contributed by atoms with Gasteiger partial charge in [-0.3, -0.25) is 9.52 Å². The van der Waals surface area contributed by atoms with Crippen LogP contribution < -0.4 is 15.0 Å². The third kappa shape index (κ3) is 4.35. The maximum absolute atomic E-state index is 14.1. The van der Waals surface area contributed by atoms with Crippen LogP contribution >= 0.6 is 11.6 Å². The monoisotopic (exact) mass is 439 g/mol. The van der Waals surface area contributed by atoms with Gasteiger partial charge in [-0.2, -0.15) is 0 Å². The first-order chi connectivity index (χ1) is 13.6. The number of nitrogens with zero attached hydrogens (tertiary/aromatic N) is 2. The molecule has 29 heavy (non-hydrogen) atoms. The number of halogens is 2. The van der Waals surface area contributed by atoms with Crippen molar-refractivity contribution >= 4 is 38.2 Å². The number of aromatic nitrogens is 2. The lowest BCUT2D eigenvalue weighted by Gasteiger charge is -2.15. The van der Waals surface area contributed by atoms with E-state index in [1.807, 2.05) is 0 Å². The van der Waals surface area contributed by atoms with Crippen LogP contribution in [-0.4, -0.2) is 23.7 Å². The van der Waals surface area contributed by atoms with Crippen molar-refractivity contribution in [2.75, 3.05) is 10.5 Å². The van der Waals surface area contributed by atoms with Gasteiger partial charge in [0.1, 0.15) is 16.6 Å². The smallest absolute Gasteiger partial charge is 0.261 e. The highest BCUT2D eigenvalue weighted by Gasteiger charge is 2.18. The molecule has 0 unspecified atom stereocenters. The third-order valence-electron chi connectivity index (χ3n) is 4.26. The Balaban J connectivity index is 2.06. The van der Waals surface area contributed by atoms with Gasteiger partial charge in [0.15, 0.2) is 5.75 Å². The zero-order valence-electron chi connectivity index (χ0n) is 16.0. The SMILES string of the molecule is CCCS(=O)(=O)Nc1cc(F)cc(Oc2ccc3ncn(C)c(=O)c3c2C)c1Cl. The molecule has 1 heterocycles. The second-order valence-corrected chi connectivity index (χ2v) is 8.75. The van der Waals surface area contributed by atoms with Crippen LogP contribution in [0.4, 0.5) is 10.1 Å². The quantitative estimate of drug-likeness (QED) is 0.627. The van der Waals surface area contributed by atoms with Gasteiger partial charge in [0.2, 0.25) is 10.0 Å². The van der Waals surface area contributed by atoms with Crippen molar-refractivity contribution in [2.45, 2.75) is 20.3 Å². The fourth-order valence-electron chi connectivity index (χ4n) is 2.86. The summed E-state index contributed by atoms with van der Waals surface area (Å²) in [4.78, 5) is 16.7. The summed E-state index contributed by atoms with van der Waals surface area (Å²) in [6.45, 7) is 3.39. The topological polar surface area (TPSA) is 90.3 Å². The molecule has 10 heteroatoms. The molecule has 0 spiro atoms. The Morgan fingerprint density at radius 3 is 2.69 bits per heavy atom. The first-order valence-electron chi connectivity index (χ1n) is 8.75. The van der Waals surface area contributed by atoms with Gasteiger partial charge in [0.25, 0.3) is 5.56 Å². The zero-order valence-corrected chi connectivity index (χ0v) is 17.6. The van der Waals surface area contributed by atoms with Crippen molar-refractivity contribution in [3.05, 3.63) is 57.3 Å². The van der Waals surface area contributed by atoms with Crippen LogP contribution in [-0.2, 0) is 17.1 Å². The molecular formula is C19H19ClFN3O4S. The number of rotatable bonds is 6. The minimum absolute atomic E-state index is 0.0796. The lowest BCUT2D eigenvalue weighted by atomic mass is 10.1. The molecule has 0 aliphatic carbocycles. The lowest BCUT2D eigenvalue weighted by molar-refractivity contribution is 0.474. The average Bonchev–Trinajstić information content (AvgIpc) is 2.63. The molecule has 154 valence electrons. The number of nitrogens with one attached hydrogen (secondary N) is 1. The number of sulfonamides is 1. The molecule has 0 fully saturated rings. The van der Waals surface area contributed by atoms with Crippen molar-refractivity contribution in [3.63, 3.8) is 0 Å². The second-order valence-electron chi connectivity index (χ2n) is 6.53.